The zero-order valence-electron chi connectivity index (χ0n) is 12.5. The number of carbonyl (C=O) groups is 3. The smallest absolute Gasteiger partial charge is 0.416 e. The van der Waals surface area contributed by atoms with E-state index in [1.54, 1.807) is 0 Å². The summed E-state index contributed by atoms with van der Waals surface area (Å²) in [7, 11) is 0. The molecule has 0 spiro atoms. The summed E-state index contributed by atoms with van der Waals surface area (Å²) in [4.78, 5) is 34.8. The first-order chi connectivity index (χ1) is 11.8. The van der Waals surface area contributed by atoms with Crippen molar-refractivity contribution in [3.05, 3.63) is 59.5 Å². The molecule has 2 rings (SSSR count). The van der Waals surface area contributed by atoms with E-state index in [9.17, 15) is 27.6 Å². The summed E-state index contributed by atoms with van der Waals surface area (Å²) in [6.07, 6.45) is -3.22. The summed E-state index contributed by atoms with van der Waals surface area (Å²) in [5, 5.41) is 2.21. The molecular weight excluding hydrogens is 343 g/mol. The molecule has 1 aromatic carbocycles. The Bertz CT molecular complexity index is 755. The molecule has 0 aliphatic rings. The lowest BCUT2D eigenvalue weighted by atomic mass is 10.1. The van der Waals surface area contributed by atoms with E-state index in [1.165, 1.54) is 18.4 Å². The van der Waals surface area contributed by atoms with Crippen LogP contribution in [0.15, 0.2) is 47.1 Å². The number of halogens is 3. The molecule has 0 aliphatic carbocycles. The highest BCUT2D eigenvalue weighted by Crippen LogP contribution is 2.28. The lowest BCUT2D eigenvalue weighted by molar-refractivity contribution is -0.137. The van der Waals surface area contributed by atoms with Crippen molar-refractivity contribution in [3.63, 3.8) is 0 Å². The highest BCUT2D eigenvalue weighted by molar-refractivity contribution is 5.97. The van der Waals surface area contributed by atoms with Crippen molar-refractivity contribution in [2.24, 2.45) is 0 Å². The number of rotatable bonds is 4. The third kappa shape index (κ3) is 5.09. The first-order valence-electron chi connectivity index (χ1n) is 6.85. The van der Waals surface area contributed by atoms with Crippen LogP contribution in [-0.4, -0.2) is 24.3 Å². The number of nitrogens with one attached hydrogen (secondary N) is 3. The summed E-state index contributed by atoms with van der Waals surface area (Å²) < 4.78 is 42.1. The van der Waals surface area contributed by atoms with Crippen LogP contribution in [0, 0.1) is 0 Å². The average molecular weight is 355 g/mol. The van der Waals surface area contributed by atoms with Crippen molar-refractivity contribution in [1.29, 1.82) is 0 Å². The van der Waals surface area contributed by atoms with E-state index in [-0.39, 0.29) is 11.3 Å². The van der Waals surface area contributed by atoms with Crippen LogP contribution < -0.4 is 16.2 Å². The van der Waals surface area contributed by atoms with Crippen molar-refractivity contribution in [2.45, 2.75) is 6.18 Å². The molecule has 0 unspecified atom stereocenters. The molecule has 1 heterocycles. The molecule has 3 amide bonds. The first-order valence-corrected chi connectivity index (χ1v) is 6.85. The van der Waals surface area contributed by atoms with Gasteiger partial charge in [-0.3, -0.25) is 25.2 Å². The van der Waals surface area contributed by atoms with E-state index in [0.29, 0.717) is 0 Å². The molecule has 25 heavy (non-hydrogen) atoms. The van der Waals surface area contributed by atoms with Crippen LogP contribution >= 0.6 is 0 Å². The van der Waals surface area contributed by atoms with Crippen LogP contribution in [0.2, 0.25) is 0 Å². The largest absolute Gasteiger partial charge is 0.459 e. The molecule has 1 aromatic heterocycles. The van der Waals surface area contributed by atoms with Gasteiger partial charge in [0.15, 0.2) is 5.76 Å². The van der Waals surface area contributed by atoms with Gasteiger partial charge in [0.25, 0.3) is 11.8 Å². The summed E-state index contributed by atoms with van der Waals surface area (Å²) in [6, 6.07) is 6.38. The number of hydrogen-bond donors (Lipinski definition) is 3. The highest BCUT2D eigenvalue weighted by atomic mass is 19.4. The summed E-state index contributed by atoms with van der Waals surface area (Å²) in [6.45, 7) is -0.488. The second-order valence-corrected chi connectivity index (χ2v) is 4.74. The van der Waals surface area contributed by atoms with Crippen LogP contribution in [0.5, 0.6) is 0 Å². The van der Waals surface area contributed by atoms with Gasteiger partial charge in [-0.15, -0.1) is 0 Å². The molecule has 0 bridgehead atoms. The van der Waals surface area contributed by atoms with Gasteiger partial charge in [0.1, 0.15) is 0 Å². The minimum Gasteiger partial charge on any atom is -0.459 e. The second kappa shape index (κ2) is 7.51. The quantitative estimate of drug-likeness (QED) is 0.724. The SMILES string of the molecule is O=C(CNC(=O)c1ccc(C(F)(F)F)cc1)NNC(=O)c1ccco1. The van der Waals surface area contributed by atoms with Crippen molar-refractivity contribution < 1.29 is 32.0 Å². The van der Waals surface area contributed by atoms with E-state index in [0.717, 1.165) is 24.3 Å². The topological polar surface area (TPSA) is 100 Å². The van der Waals surface area contributed by atoms with Crippen LogP contribution in [0.3, 0.4) is 0 Å². The Balaban J connectivity index is 1.79. The van der Waals surface area contributed by atoms with Crippen molar-refractivity contribution in [2.75, 3.05) is 6.54 Å². The molecule has 0 fully saturated rings. The summed E-state index contributed by atoms with van der Waals surface area (Å²) in [5.74, 6) is -2.18. The predicted molar refractivity (Wildman–Crippen MR) is 78.1 cm³/mol. The number of hydrogen-bond acceptors (Lipinski definition) is 4. The van der Waals surface area contributed by atoms with Gasteiger partial charge in [0, 0.05) is 5.56 Å². The molecule has 0 saturated carbocycles. The van der Waals surface area contributed by atoms with E-state index in [4.69, 9.17) is 4.42 Å². The zero-order valence-corrected chi connectivity index (χ0v) is 12.5. The molecule has 0 atom stereocenters. The third-order valence-corrected chi connectivity index (χ3v) is 2.94. The fourth-order valence-electron chi connectivity index (χ4n) is 1.71. The lowest BCUT2D eigenvalue weighted by Crippen LogP contribution is -2.46. The average Bonchev–Trinajstić information content (AvgIpc) is 3.11. The maximum absolute atomic E-state index is 12.4. The Morgan fingerprint density at radius 3 is 2.20 bits per heavy atom. The van der Waals surface area contributed by atoms with E-state index in [2.05, 4.69) is 10.7 Å². The first kappa shape index (κ1) is 18.0. The lowest BCUT2D eigenvalue weighted by Gasteiger charge is -2.09. The summed E-state index contributed by atoms with van der Waals surface area (Å²) >= 11 is 0. The maximum atomic E-state index is 12.4. The van der Waals surface area contributed by atoms with Gasteiger partial charge in [-0.1, -0.05) is 0 Å². The molecule has 132 valence electrons. The van der Waals surface area contributed by atoms with Crippen LogP contribution in [-0.2, 0) is 11.0 Å². The second-order valence-electron chi connectivity index (χ2n) is 4.74. The molecular formula is C15H12F3N3O4. The van der Waals surface area contributed by atoms with Crippen molar-refractivity contribution in [3.8, 4) is 0 Å². The minimum absolute atomic E-state index is 0.0194. The molecule has 7 nitrogen and oxygen atoms in total. The Morgan fingerprint density at radius 1 is 0.960 bits per heavy atom. The Morgan fingerprint density at radius 2 is 1.64 bits per heavy atom. The Hall–Kier alpha value is -3.30. The minimum atomic E-state index is -4.50. The fraction of sp³-hybridized carbons (Fsp3) is 0.133. The summed E-state index contributed by atoms with van der Waals surface area (Å²) in [5.41, 5.74) is 3.18. The Labute approximate surface area is 139 Å². The maximum Gasteiger partial charge on any atom is 0.416 e. The van der Waals surface area contributed by atoms with E-state index in [1.807, 2.05) is 5.43 Å². The molecule has 10 heteroatoms. The van der Waals surface area contributed by atoms with Crippen molar-refractivity contribution >= 4 is 17.7 Å². The van der Waals surface area contributed by atoms with Crippen molar-refractivity contribution in [1.82, 2.24) is 16.2 Å². The molecule has 0 saturated heterocycles. The molecule has 2 aromatic rings. The van der Waals surface area contributed by atoms with Gasteiger partial charge < -0.3 is 9.73 Å². The Kier molecular flexibility index (Phi) is 5.42. The van der Waals surface area contributed by atoms with Crippen LogP contribution in [0.4, 0.5) is 13.2 Å². The highest BCUT2D eigenvalue weighted by Gasteiger charge is 2.30. The van der Waals surface area contributed by atoms with E-state index >= 15 is 0 Å². The van der Waals surface area contributed by atoms with Gasteiger partial charge >= 0.3 is 12.1 Å². The zero-order chi connectivity index (χ0) is 18.4. The predicted octanol–water partition coefficient (Wildman–Crippen LogP) is 1.49. The number of alkyl halides is 3. The standard InChI is InChI=1S/C15H12F3N3O4/c16-15(17,18)10-5-3-9(4-6-10)13(23)19-8-12(22)20-21-14(24)11-2-1-7-25-11/h1-7H,8H2,(H,19,23)(H,20,22)(H,21,24). The van der Waals surface area contributed by atoms with Gasteiger partial charge in [0.05, 0.1) is 18.4 Å². The number of amides is 3. The molecule has 0 radical (unpaired) electrons. The van der Waals surface area contributed by atoms with E-state index < -0.39 is 36.0 Å². The van der Waals surface area contributed by atoms with Gasteiger partial charge in [-0.2, -0.15) is 13.2 Å². The molecule has 3 N–H and O–H groups in total. The van der Waals surface area contributed by atoms with Crippen LogP contribution in [0.25, 0.3) is 0 Å². The number of hydrazine groups is 1. The third-order valence-electron chi connectivity index (χ3n) is 2.94. The normalized spacial score (nSPS) is 10.8. The van der Waals surface area contributed by atoms with Gasteiger partial charge in [0.2, 0.25) is 0 Å². The van der Waals surface area contributed by atoms with Gasteiger partial charge in [-0.25, -0.2) is 0 Å². The van der Waals surface area contributed by atoms with Crippen LogP contribution in [0.1, 0.15) is 26.5 Å². The monoisotopic (exact) mass is 355 g/mol. The number of benzene rings is 1. The van der Waals surface area contributed by atoms with Gasteiger partial charge in [-0.05, 0) is 36.4 Å². The fourth-order valence-corrected chi connectivity index (χ4v) is 1.71. The molecule has 0 aliphatic heterocycles. The number of furan rings is 1. The number of carbonyl (C=O) groups excluding carboxylic acids is 3.